The number of nitrogens with one attached hydrogen (secondary N) is 1. The van der Waals surface area contributed by atoms with Gasteiger partial charge in [0.15, 0.2) is 0 Å². The average molecular weight is 417 g/mol. The number of carbonyl (C=O) groups is 2. The maximum Gasteiger partial charge on any atom is 0.229 e. The molecule has 1 fully saturated rings. The maximum absolute atomic E-state index is 13.1. The van der Waals surface area contributed by atoms with E-state index >= 15 is 0 Å². The van der Waals surface area contributed by atoms with Crippen molar-refractivity contribution in [1.82, 2.24) is 14.7 Å². The first-order valence-electron chi connectivity index (χ1n) is 10.8. The van der Waals surface area contributed by atoms with Gasteiger partial charge in [-0.05, 0) is 44.4 Å². The highest BCUT2D eigenvalue weighted by atomic mass is 16.2. The molecular formula is C25H28N4O2. The van der Waals surface area contributed by atoms with E-state index < -0.39 is 0 Å². The number of hydrogen-bond donors (Lipinski definition) is 1. The molecule has 0 saturated carbocycles. The summed E-state index contributed by atoms with van der Waals surface area (Å²) in [5, 5.41) is 7.69. The average Bonchev–Trinajstić information content (AvgIpc) is 3.08. The number of carbonyl (C=O) groups excluding carboxylic acids is 2. The first-order valence-corrected chi connectivity index (χ1v) is 10.8. The van der Waals surface area contributed by atoms with Gasteiger partial charge in [0.25, 0.3) is 0 Å². The molecule has 6 nitrogen and oxygen atoms in total. The van der Waals surface area contributed by atoms with E-state index in [2.05, 4.69) is 10.4 Å². The van der Waals surface area contributed by atoms with Crippen molar-refractivity contribution in [1.29, 1.82) is 0 Å². The summed E-state index contributed by atoms with van der Waals surface area (Å²) in [6, 6.07) is 19.6. The molecule has 1 aliphatic rings. The molecule has 2 amide bonds. The molecule has 1 aromatic heterocycles. The van der Waals surface area contributed by atoms with E-state index in [-0.39, 0.29) is 17.7 Å². The van der Waals surface area contributed by atoms with Crippen LogP contribution in [0.1, 0.15) is 29.8 Å². The van der Waals surface area contributed by atoms with E-state index in [0.29, 0.717) is 19.5 Å². The second kappa shape index (κ2) is 9.16. The molecule has 1 saturated heterocycles. The summed E-state index contributed by atoms with van der Waals surface area (Å²) in [5.74, 6) is -0.184. The van der Waals surface area contributed by atoms with Crippen molar-refractivity contribution >= 4 is 17.5 Å². The smallest absolute Gasteiger partial charge is 0.229 e. The SMILES string of the molecule is Cc1nn(-c2ccccc2)c(C)c1NC(=O)C1CCCN(C(=O)Cc2ccccc2)C1. The van der Waals surface area contributed by atoms with E-state index in [1.54, 1.807) is 0 Å². The zero-order valence-corrected chi connectivity index (χ0v) is 18.0. The van der Waals surface area contributed by atoms with Gasteiger partial charge < -0.3 is 10.2 Å². The topological polar surface area (TPSA) is 67.2 Å². The van der Waals surface area contributed by atoms with E-state index in [4.69, 9.17) is 0 Å². The van der Waals surface area contributed by atoms with Crippen LogP contribution in [0.25, 0.3) is 5.69 Å². The molecule has 0 aliphatic carbocycles. The molecule has 0 radical (unpaired) electrons. The van der Waals surface area contributed by atoms with Gasteiger partial charge in [0.05, 0.1) is 35.1 Å². The molecule has 1 N–H and O–H groups in total. The van der Waals surface area contributed by atoms with E-state index in [1.807, 2.05) is 84.1 Å². The quantitative estimate of drug-likeness (QED) is 0.686. The first kappa shape index (κ1) is 20.8. The molecule has 2 aromatic carbocycles. The number of nitrogens with zero attached hydrogens (tertiary/aromatic N) is 3. The molecule has 2 heterocycles. The highest BCUT2D eigenvalue weighted by Gasteiger charge is 2.29. The number of para-hydroxylation sites is 1. The lowest BCUT2D eigenvalue weighted by molar-refractivity contribution is -0.133. The normalized spacial score (nSPS) is 16.2. The highest BCUT2D eigenvalue weighted by molar-refractivity contribution is 5.94. The molecule has 160 valence electrons. The number of hydrogen-bond acceptors (Lipinski definition) is 3. The van der Waals surface area contributed by atoms with Crippen LogP contribution in [0.15, 0.2) is 60.7 Å². The van der Waals surface area contributed by atoms with Crippen molar-refractivity contribution in [2.24, 2.45) is 5.92 Å². The highest BCUT2D eigenvalue weighted by Crippen LogP contribution is 2.25. The van der Waals surface area contributed by atoms with Gasteiger partial charge >= 0.3 is 0 Å². The summed E-state index contributed by atoms with van der Waals surface area (Å²) in [5.41, 5.74) is 4.38. The molecule has 3 aromatic rings. The van der Waals surface area contributed by atoms with Crippen LogP contribution in [-0.4, -0.2) is 39.6 Å². The number of benzene rings is 2. The second-order valence-corrected chi connectivity index (χ2v) is 8.12. The molecule has 6 heteroatoms. The number of piperidine rings is 1. The molecule has 4 rings (SSSR count). The van der Waals surface area contributed by atoms with Crippen LogP contribution in [0.4, 0.5) is 5.69 Å². The van der Waals surface area contributed by atoms with Crippen LogP contribution in [0.2, 0.25) is 0 Å². The summed E-state index contributed by atoms with van der Waals surface area (Å²) in [6.07, 6.45) is 1.99. The minimum Gasteiger partial charge on any atom is -0.342 e. The van der Waals surface area contributed by atoms with Crippen LogP contribution >= 0.6 is 0 Å². The standard InChI is InChI=1S/C25H28N4O2/c1-18-24(19(2)29(27-18)22-13-7-4-8-14-22)26-25(31)21-12-9-15-28(17-21)23(30)16-20-10-5-3-6-11-20/h3-8,10-11,13-14,21H,9,12,15-17H2,1-2H3,(H,26,31). The largest absolute Gasteiger partial charge is 0.342 e. The molecule has 0 spiro atoms. The summed E-state index contributed by atoms with van der Waals surface area (Å²) < 4.78 is 1.85. The second-order valence-electron chi connectivity index (χ2n) is 8.12. The van der Waals surface area contributed by atoms with Crippen LogP contribution in [0, 0.1) is 19.8 Å². The monoisotopic (exact) mass is 416 g/mol. The van der Waals surface area contributed by atoms with Crippen molar-refractivity contribution in [2.75, 3.05) is 18.4 Å². The number of rotatable bonds is 5. The number of aryl methyl sites for hydroxylation is 1. The van der Waals surface area contributed by atoms with Gasteiger partial charge in [-0.1, -0.05) is 48.5 Å². The van der Waals surface area contributed by atoms with Crippen molar-refractivity contribution in [3.05, 3.63) is 77.6 Å². The fraction of sp³-hybridized carbons (Fsp3) is 0.320. The molecule has 0 bridgehead atoms. The van der Waals surface area contributed by atoms with Gasteiger partial charge in [0.1, 0.15) is 0 Å². The number of aromatic nitrogens is 2. The Morgan fingerprint density at radius 3 is 2.42 bits per heavy atom. The Balaban J connectivity index is 1.43. The molecular weight excluding hydrogens is 388 g/mol. The zero-order chi connectivity index (χ0) is 21.8. The number of anilines is 1. The van der Waals surface area contributed by atoms with Crippen LogP contribution in [0.3, 0.4) is 0 Å². The Morgan fingerprint density at radius 1 is 1.03 bits per heavy atom. The van der Waals surface area contributed by atoms with Gasteiger partial charge in [0.2, 0.25) is 11.8 Å². The van der Waals surface area contributed by atoms with Crippen LogP contribution in [0.5, 0.6) is 0 Å². The third kappa shape index (κ3) is 4.68. The van der Waals surface area contributed by atoms with Gasteiger partial charge in [-0.3, -0.25) is 9.59 Å². The van der Waals surface area contributed by atoms with Gasteiger partial charge in [0, 0.05) is 13.1 Å². The summed E-state index contributed by atoms with van der Waals surface area (Å²) in [6.45, 7) is 5.03. The molecule has 1 atom stereocenters. The Hall–Kier alpha value is -3.41. The number of likely N-dealkylation sites (tertiary alicyclic amines) is 1. The fourth-order valence-electron chi connectivity index (χ4n) is 4.17. The van der Waals surface area contributed by atoms with E-state index in [0.717, 1.165) is 41.2 Å². The maximum atomic E-state index is 13.1. The van der Waals surface area contributed by atoms with Gasteiger partial charge in [-0.15, -0.1) is 0 Å². The van der Waals surface area contributed by atoms with Crippen molar-refractivity contribution in [3.8, 4) is 5.69 Å². The summed E-state index contributed by atoms with van der Waals surface area (Å²) in [4.78, 5) is 27.6. The Labute approximate surface area is 182 Å². The summed E-state index contributed by atoms with van der Waals surface area (Å²) >= 11 is 0. The first-order chi connectivity index (χ1) is 15.0. The number of amides is 2. The third-order valence-corrected chi connectivity index (χ3v) is 5.88. The fourth-order valence-corrected chi connectivity index (χ4v) is 4.17. The van der Waals surface area contributed by atoms with Gasteiger partial charge in [-0.25, -0.2) is 4.68 Å². The zero-order valence-electron chi connectivity index (χ0n) is 18.0. The van der Waals surface area contributed by atoms with E-state index in [1.165, 1.54) is 0 Å². The van der Waals surface area contributed by atoms with Gasteiger partial charge in [-0.2, -0.15) is 5.10 Å². The van der Waals surface area contributed by atoms with Crippen molar-refractivity contribution < 1.29 is 9.59 Å². The molecule has 1 aliphatic heterocycles. The minimum atomic E-state index is -0.215. The lowest BCUT2D eigenvalue weighted by Gasteiger charge is -2.32. The van der Waals surface area contributed by atoms with E-state index in [9.17, 15) is 9.59 Å². The van der Waals surface area contributed by atoms with Crippen LogP contribution < -0.4 is 5.32 Å². The van der Waals surface area contributed by atoms with Crippen molar-refractivity contribution in [2.45, 2.75) is 33.1 Å². The minimum absolute atomic E-state index is 0.0453. The Morgan fingerprint density at radius 2 is 1.71 bits per heavy atom. The lowest BCUT2D eigenvalue weighted by Crippen LogP contribution is -2.44. The lowest BCUT2D eigenvalue weighted by atomic mass is 9.96. The summed E-state index contributed by atoms with van der Waals surface area (Å²) in [7, 11) is 0. The molecule has 1 unspecified atom stereocenters. The van der Waals surface area contributed by atoms with Crippen LogP contribution in [-0.2, 0) is 16.0 Å². The van der Waals surface area contributed by atoms with Crippen molar-refractivity contribution in [3.63, 3.8) is 0 Å². The predicted octanol–water partition coefficient (Wildman–Crippen LogP) is 3.91. The third-order valence-electron chi connectivity index (χ3n) is 5.88. The Kier molecular flexibility index (Phi) is 6.16. The predicted molar refractivity (Wildman–Crippen MR) is 121 cm³/mol. The Bertz CT molecular complexity index is 1060. The molecule has 31 heavy (non-hydrogen) atoms.